The van der Waals surface area contributed by atoms with Crippen LogP contribution in [0, 0.1) is 18.7 Å². The van der Waals surface area contributed by atoms with Crippen LogP contribution in [0.25, 0.3) is 11.4 Å². The van der Waals surface area contributed by atoms with Crippen LogP contribution in [0.1, 0.15) is 25.3 Å². The van der Waals surface area contributed by atoms with Crippen LogP contribution in [0.15, 0.2) is 22.7 Å². The molecule has 1 aromatic heterocycles. The lowest BCUT2D eigenvalue weighted by molar-refractivity contribution is 0.353. The van der Waals surface area contributed by atoms with Gasteiger partial charge in [0.25, 0.3) is 0 Å². The van der Waals surface area contributed by atoms with E-state index in [9.17, 15) is 4.39 Å². The molecule has 1 heterocycles. The third-order valence-corrected chi connectivity index (χ3v) is 3.16. The summed E-state index contributed by atoms with van der Waals surface area (Å²) < 4.78 is 18.6. The van der Waals surface area contributed by atoms with Gasteiger partial charge in [-0.15, -0.1) is 0 Å². The minimum Gasteiger partial charge on any atom is -0.339 e. The van der Waals surface area contributed by atoms with Crippen molar-refractivity contribution in [3.63, 3.8) is 0 Å². The fourth-order valence-electron chi connectivity index (χ4n) is 1.62. The van der Waals surface area contributed by atoms with Gasteiger partial charge in [0.15, 0.2) is 0 Å². The number of rotatable bonds is 4. The quantitative estimate of drug-likeness (QED) is 0.921. The van der Waals surface area contributed by atoms with E-state index in [1.807, 2.05) is 13.8 Å². The number of hydrogen-bond donors (Lipinski definition) is 1. The summed E-state index contributed by atoms with van der Waals surface area (Å²) in [5.41, 5.74) is 7.15. The van der Waals surface area contributed by atoms with Gasteiger partial charge in [-0.2, -0.15) is 4.98 Å². The molecular formula is C14H18FN3O. The average molecular weight is 263 g/mol. The molecule has 0 aliphatic carbocycles. The summed E-state index contributed by atoms with van der Waals surface area (Å²) in [7, 11) is 0. The second-order valence-electron chi connectivity index (χ2n) is 5.09. The second-order valence-corrected chi connectivity index (χ2v) is 5.09. The summed E-state index contributed by atoms with van der Waals surface area (Å²) >= 11 is 0. The molecular weight excluding hydrogens is 245 g/mol. The van der Waals surface area contributed by atoms with Gasteiger partial charge < -0.3 is 10.3 Å². The Morgan fingerprint density at radius 1 is 1.37 bits per heavy atom. The molecule has 1 unspecified atom stereocenters. The molecule has 5 heteroatoms. The molecule has 0 saturated carbocycles. The van der Waals surface area contributed by atoms with E-state index in [0.717, 1.165) is 0 Å². The molecule has 0 radical (unpaired) electrons. The number of aromatic nitrogens is 2. The fraction of sp³-hybridized carbons (Fsp3) is 0.429. The van der Waals surface area contributed by atoms with Crippen LogP contribution in [-0.2, 0) is 6.42 Å². The smallest absolute Gasteiger partial charge is 0.228 e. The van der Waals surface area contributed by atoms with Crippen LogP contribution in [0.4, 0.5) is 4.39 Å². The Labute approximate surface area is 111 Å². The molecule has 0 fully saturated rings. The second kappa shape index (κ2) is 5.48. The molecule has 0 aliphatic rings. The lowest BCUT2D eigenvalue weighted by Gasteiger charge is -2.11. The first-order valence-electron chi connectivity index (χ1n) is 6.32. The lowest BCUT2D eigenvalue weighted by Crippen LogP contribution is -2.28. The molecule has 0 amide bonds. The van der Waals surface area contributed by atoms with Crippen LogP contribution in [0.3, 0.4) is 0 Å². The summed E-state index contributed by atoms with van der Waals surface area (Å²) in [5, 5.41) is 3.86. The molecule has 2 aromatic rings. The molecule has 102 valence electrons. The largest absolute Gasteiger partial charge is 0.339 e. The predicted molar refractivity (Wildman–Crippen MR) is 70.9 cm³/mol. The van der Waals surface area contributed by atoms with Crippen molar-refractivity contribution in [2.45, 2.75) is 33.2 Å². The highest BCUT2D eigenvalue weighted by Gasteiger charge is 2.15. The number of hydrogen-bond acceptors (Lipinski definition) is 4. The Balaban J connectivity index is 2.18. The number of halogens is 1. The van der Waals surface area contributed by atoms with Crippen LogP contribution in [-0.4, -0.2) is 16.2 Å². The molecule has 0 aliphatic heterocycles. The molecule has 4 nitrogen and oxygen atoms in total. The molecule has 2 rings (SSSR count). The molecule has 19 heavy (non-hydrogen) atoms. The zero-order chi connectivity index (χ0) is 14.0. The van der Waals surface area contributed by atoms with Crippen molar-refractivity contribution in [2.24, 2.45) is 11.7 Å². The molecule has 1 aromatic carbocycles. The van der Waals surface area contributed by atoms with E-state index in [1.54, 1.807) is 19.1 Å². The minimum atomic E-state index is -0.275. The zero-order valence-electron chi connectivity index (χ0n) is 11.4. The molecule has 0 saturated heterocycles. The van der Waals surface area contributed by atoms with Crippen molar-refractivity contribution in [1.29, 1.82) is 0 Å². The topological polar surface area (TPSA) is 64.9 Å². The van der Waals surface area contributed by atoms with Gasteiger partial charge in [-0.25, -0.2) is 4.39 Å². The predicted octanol–water partition coefficient (Wildman–Crippen LogP) is 2.71. The Bertz CT molecular complexity index is 566. The number of nitrogens with zero attached hydrogens (tertiary/aromatic N) is 2. The van der Waals surface area contributed by atoms with Crippen molar-refractivity contribution >= 4 is 0 Å². The summed E-state index contributed by atoms with van der Waals surface area (Å²) in [6.45, 7) is 5.79. The normalized spacial score (nSPS) is 12.9. The van der Waals surface area contributed by atoms with E-state index >= 15 is 0 Å². The van der Waals surface area contributed by atoms with Gasteiger partial charge in [-0.3, -0.25) is 0 Å². The maximum Gasteiger partial charge on any atom is 0.228 e. The molecule has 2 N–H and O–H groups in total. The van der Waals surface area contributed by atoms with Gasteiger partial charge in [-0.1, -0.05) is 31.1 Å². The molecule has 1 atom stereocenters. The van der Waals surface area contributed by atoms with Gasteiger partial charge in [0.2, 0.25) is 11.7 Å². The van der Waals surface area contributed by atoms with E-state index in [2.05, 4.69) is 10.1 Å². The van der Waals surface area contributed by atoms with Crippen LogP contribution >= 0.6 is 0 Å². The fourth-order valence-corrected chi connectivity index (χ4v) is 1.62. The van der Waals surface area contributed by atoms with E-state index in [0.29, 0.717) is 35.2 Å². The molecule has 0 spiro atoms. The number of nitrogens with two attached hydrogens (primary N) is 1. The zero-order valence-corrected chi connectivity index (χ0v) is 11.4. The highest BCUT2D eigenvalue weighted by molar-refractivity contribution is 5.54. The van der Waals surface area contributed by atoms with Crippen LogP contribution < -0.4 is 5.73 Å². The maximum absolute atomic E-state index is 13.5. The first kappa shape index (κ1) is 13.7. The Kier molecular flexibility index (Phi) is 3.95. The third kappa shape index (κ3) is 3.17. The maximum atomic E-state index is 13.5. The summed E-state index contributed by atoms with van der Waals surface area (Å²) in [6, 6.07) is 4.85. The summed E-state index contributed by atoms with van der Waals surface area (Å²) in [5.74, 6) is 0.942. The highest BCUT2D eigenvalue weighted by Crippen LogP contribution is 2.19. The lowest BCUT2D eigenvalue weighted by atomic mass is 10.0. The SMILES string of the molecule is Cc1ccc(-c2noc(CC(N)C(C)C)n2)cc1F. The van der Waals surface area contributed by atoms with E-state index in [1.165, 1.54) is 6.07 Å². The first-order valence-corrected chi connectivity index (χ1v) is 6.32. The summed E-state index contributed by atoms with van der Waals surface area (Å²) in [4.78, 5) is 4.25. The van der Waals surface area contributed by atoms with Crippen LogP contribution in [0.5, 0.6) is 0 Å². The Hall–Kier alpha value is -1.75. The minimum absolute atomic E-state index is 0.0250. The van der Waals surface area contributed by atoms with Crippen molar-refractivity contribution in [1.82, 2.24) is 10.1 Å². The molecule has 0 bridgehead atoms. The van der Waals surface area contributed by atoms with E-state index in [4.69, 9.17) is 10.3 Å². The Morgan fingerprint density at radius 3 is 2.74 bits per heavy atom. The van der Waals surface area contributed by atoms with Crippen molar-refractivity contribution in [3.8, 4) is 11.4 Å². The van der Waals surface area contributed by atoms with Gasteiger partial charge in [0.1, 0.15) is 5.82 Å². The van der Waals surface area contributed by atoms with Gasteiger partial charge in [0.05, 0.1) is 0 Å². The monoisotopic (exact) mass is 263 g/mol. The van der Waals surface area contributed by atoms with Gasteiger partial charge in [0, 0.05) is 18.0 Å². The van der Waals surface area contributed by atoms with Gasteiger partial charge in [-0.05, 0) is 24.5 Å². The Morgan fingerprint density at radius 2 is 2.11 bits per heavy atom. The highest BCUT2D eigenvalue weighted by atomic mass is 19.1. The van der Waals surface area contributed by atoms with Crippen molar-refractivity contribution < 1.29 is 8.91 Å². The van der Waals surface area contributed by atoms with E-state index < -0.39 is 0 Å². The number of benzene rings is 1. The first-order chi connectivity index (χ1) is 8.97. The summed E-state index contributed by atoms with van der Waals surface area (Å²) in [6.07, 6.45) is 0.527. The van der Waals surface area contributed by atoms with Gasteiger partial charge >= 0.3 is 0 Å². The van der Waals surface area contributed by atoms with Crippen molar-refractivity contribution in [3.05, 3.63) is 35.5 Å². The number of aryl methyl sites for hydroxylation is 1. The standard InChI is InChI=1S/C14H18FN3O/c1-8(2)12(16)7-13-17-14(18-19-13)10-5-4-9(3)11(15)6-10/h4-6,8,12H,7,16H2,1-3H3. The van der Waals surface area contributed by atoms with E-state index in [-0.39, 0.29) is 11.9 Å². The van der Waals surface area contributed by atoms with Crippen LogP contribution in [0.2, 0.25) is 0 Å². The third-order valence-electron chi connectivity index (χ3n) is 3.16. The average Bonchev–Trinajstić information content (AvgIpc) is 2.81. The van der Waals surface area contributed by atoms with Crippen molar-refractivity contribution in [2.75, 3.05) is 0 Å².